The third-order valence-electron chi connectivity index (χ3n) is 7.41. The van der Waals surface area contributed by atoms with Gasteiger partial charge in [-0.1, -0.05) is 24.3 Å². The summed E-state index contributed by atoms with van der Waals surface area (Å²) in [5.41, 5.74) is 8.96. The fraction of sp³-hybridized carbons (Fsp3) is 0.200. The Morgan fingerprint density at radius 2 is 1.25 bits per heavy atom. The molecule has 0 amide bonds. The van der Waals surface area contributed by atoms with Crippen LogP contribution < -0.4 is 5.69 Å². The zero-order valence-electron chi connectivity index (χ0n) is 20.9. The third-order valence-corrected chi connectivity index (χ3v) is 7.41. The highest BCUT2D eigenvalue weighted by Gasteiger charge is 2.19. The molecule has 0 unspecified atom stereocenters. The maximum absolute atomic E-state index is 14.0. The van der Waals surface area contributed by atoms with Crippen molar-refractivity contribution in [2.45, 2.75) is 26.9 Å². The molecular weight excluding hydrogens is 446 g/mol. The van der Waals surface area contributed by atoms with Gasteiger partial charge < -0.3 is 9.13 Å². The Kier molecular flexibility index (Phi) is 4.90. The van der Waals surface area contributed by atoms with Gasteiger partial charge in [0.05, 0.1) is 35.8 Å². The third kappa shape index (κ3) is 3.20. The molecule has 0 aliphatic carbocycles. The van der Waals surface area contributed by atoms with E-state index in [4.69, 9.17) is 0 Å². The minimum absolute atomic E-state index is 0.0729. The van der Waals surface area contributed by atoms with Crippen LogP contribution in [0.5, 0.6) is 0 Å². The number of aromatic nitrogens is 4. The summed E-state index contributed by atoms with van der Waals surface area (Å²) in [7, 11) is 4.08. The highest BCUT2D eigenvalue weighted by atomic mass is 16.1. The van der Waals surface area contributed by atoms with Gasteiger partial charge in [0.25, 0.3) is 0 Å². The lowest BCUT2D eigenvalue weighted by Gasteiger charge is -2.05. The van der Waals surface area contributed by atoms with Gasteiger partial charge in [0.1, 0.15) is 0 Å². The first kappa shape index (κ1) is 22.0. The Labute approximate surface area is 208 Å². The zero-order valence-corrected chi connectivity index (χ0v) is 20.9. The molecule has 6 heteroatoms. The van der Waals surface area contributed by atoms with E-state index in [9.17, 15) is 10.1 Å². The topological polar surface area (TPSA) is 60.6 Å². The van der Waals surface area contributed by atoms with Crippen molar-refractivity contribution in [1.82, 2.24) is 18.3 Å². The van der Waals surface area contributed by atoms with E-state index in [1.54, 1.807) is 6.07 Å². The highest BCUT2D eigenvalue weighted by Crippen LogP contribution is 2.28. The van der Waals surface area contributed by atoms with Crippen LogP contribution >= 0.6 is 0 Å². The van der Waals surface area contributed by atoms with Gasteiger partial charge in [0.15, 0.2) is 0 Å². The van der Waals surface area contributed by atoms with Crippen molar-refractivity contribution in [2.75, 3.05) is 0 Å². The first-order chi connectivity index (χ1) is 17.4. The van der Waals surface area contributed by atoms with Crippen molar-refractivity contribution in [1.29, 1.82) is 5.26 Å². The van der Waals surface area contributed by atoms with Crippen LogP contribution in [0.3, 0.4) is 0 Å². The molecule has 0 spiro atoms. The van der Waals surface area contributed by atoms with Gasteiger partial charge in [-0.3, -0.25) is 9.13 Å². The Morgan fingerprint density at radius 1 is 0.722 bits per heavy atom. The van der Waals surface area contributed by atoms with Gasteiger partial charge in [0, 0.05) is 48.3 Å². The summed E-state index contributed by atoms with van der Waals surface area (Å²) in [6.07, 6.45) is 4.22. The van der Waals surface area contributed by atoms with Gasteiger partial charge in [-0.15, -0.1) is 0 Å². The molecule has 0 N–H and O–H groups in total. The molecule has 0 aliphatic rings. The summed E-state index contributed by atoms with van der Waals surface area (Å²) in [5.74, 6) is 0. The van der Waals surface area contributed by atoms with Crippen LogP contribution in [0.4, 0.5) is 0 Å². The van der Waals surface area contributed by atoms with Crippen LogP contribution in [-0.4, -0.2) is 18.3 Å². The molecule has 0 fully saturated rings. The molecule has 0 atom stereocenters. The molecule has 0 saturated carbocycles. The van der Waals surface area contributed by atoms with Gasteiger partial charge >= 0.3 is 5.69 Å². The summed E-state index contributed by atoms with van der Waals surface area (Å²) < 4.78 is 7.89. The maximum atomic E-state index is 14.0. The predicted octanol–water partition coefficient (Wildman–Crippen LogP) is 5.37. The molecule has 36 heavy (non-hydrogen) atoms. The van der Waals surface area contributed by atoms with E-state index in [0.29, 0.717) is 18.7 Å². The fourth-order valence-electron chi connectivity index (χ4n) is 5.74. The molecule has 3 aromatic carbocycles. The Balaban J connectivity index is 1.56. The van der Waals surface area contributed by atoms with Crippen LogP contribution in [0.15, 0.2) is 71.8 Å². The van der Waals surface area contributed by atoms with E-state index in [1.807, 2.05) is 35.4 Å². The van der Waals surface area contributed by atoms with Crippen molar-refractivity contribution in [3.05, 3.63) is 105 Å². The first-order valence-corrected chi connectivity index (χ1v) is 12.1. The quantitative estimate of drug-likeness (QED) is 0.346. The molecule has 178 valence electrons. The summed E-state index contributed by atoms with van der Waals surface area (Å²) in [4.78, 5) is 14.0. The first-order valence-electron chi connectivity index (χ1n) is 12.1. The second kappa shape index (κ2) is 8.03. The Bertz CT molecular complexity index is 1920. The van der Waals surface area contributed by atoms with Crippen molar-refractivity contribution in [3.8, 4) is 6.07 Å². The van der Waals surface area contributed by atoms with Gasteiger partial charge in [-0.25, -0.2) is 4.79 Å². The number of rotatable bonds is 4. The maximum Gasteiger partial charge on any atom is 0.329 e. The van der Waals surface area contributed by atoms with Crippen LogP contribution in [0.1, 0.15) is 27.8 Å². The molecule has 6 rings (SSSR count). The molecule has 0 saturated heterocycles. The molecular formula is C30H27N5O. The summed E-state index contributed by atoms with van der Waals surface area (Å²) in [6, 6.07) is 20.3. The second-order valence-electron chi connectivity index (χ2n) is 9.74. The lowest BCUT2D eigenvalue weighted by molar-refractivity contribution is 0.702. The fourth-order valence-corrected chi connectivity index (χ4v) is 5.74. The van der Waals surface area contributed by atoms with Gasteiger partial charge in [-0.2, -0.15) is 5.26 Å². The largest absolute Gasteiger partial charge is 0.350 e. The molecule has 6 nitrogen and oxygen atoms in total. The standard InChI is InChI=1S/C30H27N5O/c1-19-7-5-9-25-28(19)22(15-32(25)3)17-34-24-12-11-21(14-31)13-27(24)35(30(34)36)18-23-16-33(4)26-10-6-8-20(2)29(23)26/h5-13,15-16H,17-18H2,1-4H3. The number of imidazole rings is 1. The molecule has 3 aromatic heterocycles. The van der Waals surface area contributed by atoms with Crippen molar-refractivity contribution >= 4 is 32.8 Å². The van der Waals surface area contributed by atoms with Crippen LogP contribution in [0.25, 0.3) is 32.8 Å². The van der Waals surface area contributed by atoms with E-state index in [2.05, 4.69) is 77.8 Å². The minimum Gasteiger partial charge on any atom is -0.350 e. The predicted molar refractivity (Wildman–Crippen MR) is 144 cm³/mol. The lowest BCUT2D eigenvalue weighted by atomic mass is 10.1. The van der Waals surface area contributed by atoms with Crippen molar-refractivity contribution in [3.63, 3.8) is 0 Å². The number of nitrogens with zero attached hydrogens (tertiary/aromatic N) is 5. The monoisotopic (exact) mass is 473 g/mol. The van der Waals surface area contributed by atoms with Crippen molar-refractivity contribution < 1.29 is 0 Å². The van der Waals surface area contributed by atoms with E-state index in [-0.39, 0.29) is 5.69 Å². The second-order valence-corrected chi connectivity index (χ2v) is 9.74. The van der Waals surface area contributed by atoms with Crippen LogP contribution in [-0.2, 0) is 27.2 Å². The average Bonchev–Trinajstić information content (AvgIpc) is 3.46. The average molecular weight is 474 g/mol. The zero-order chi connectivity index (χ0) is 25.1. The normalized spacial score (nSPS) is 11.6. The van der Waals surface area contributed by atoms with E-state index >= 15 is 0 Å². The van der Waals surface area contributed by atoms with Crippen LogP contribution in [0.2, 0.25) is 0 Å². The smallest absolute Gasteiger partial charge is 0.329 e. The van der Waals surface area contributed by atoms with Gasteiger partial charge in [-0.05, 0) is 66.4 Å². The number of aryl methyl sites for hydroxylation is 4. The van der Waals surface area contributed by atoms with E-state index in [1.165, 1.54) is 21.9 Å². The molecule has 6 aromatic rings. The number of nitriles is 1. The van der Waals surface area contributed by atoms with Gasteiger partial charge in [0.2, 0.25) is 0 Å². The summed E-state index contributed by atoms with van der Waals surface area (Å²) >= 11 is 0. The number of fused-ring (bicyclic) bond motifs is 3. The number of benzene rings is 3. The SMILES string of the molecule is Cc1cccc2c1c(Cn1c(=O)n(Cc3cn(C)c4cccc(C)c34)c3cc(C#N)ccc31)cn2C. The summed E-state index contributed by atoms with van der Waals surface area (Å²) in [6.45, 7) is 5.12. The molecule has 0 aliphatic heterocycles. The van der Waals surface area contributed by atoms with Crippen LogP contribution in [0, 0.1) is 25.2 Å². The molecule has 0 bridgehead atoms. The lowest BCUT2D eigenvalue weighted by Crippen LogP contribution is -2.25. The number of hydrogen-bond donors (Lipinski definition) is 0. The summed E-state index contributed by atoms with van der Waals surface area (Å²) in [5, 5.41) is 11.9. The molecule has 3 heterocycles. The Hall–Kier alpha value is -4.50. The highest BCUT2D eigenvalue weighted by molar-refractivity contribution is 5.88. The number of hydrogen-bond acceptors (Lipinski definition) is 2. The Morgan fingerprint density at radius 3 is 1.78 bits per heavy atom. The minimum atomic E-state index is -0.0729. The molecule has 0 radical (unpaired) electrons. The van der Waals surface area contributed by atoms with Crippen molar-refractivity contribution in [2.24, 2.45) is 14.1 Å². The van der Waals surface area contributed by atoms with E-state index < -0.39 is 0 Å². The van der Waals surface area contributed by atoms with E-state index in [0.717, 1.165) is 33.2 Å².